The van der Waals surface area contributed by atoms with Crippen molar-refractivity contribution in [1.29, 1.82) is 5.26 Å². The van der Waals surface area contributed by atoms with Crippen molar-refractivity contribution in [2.24, 2.45) is 0 Å². The molecule has 0 radical (unpaired) electrons. The largest absolute Gasteiger partial charge is 0.312 e. The molecule has 3 nitrogen and oxygen atoms in total. The van der Waals surface area contributed by atoms with Gasteiger partial charge in [0, 0.05) is 9.35 Å². The molecular formula is C12H9BrN2OS2. The Bertz CT molecular complexity index is 652. The third-order valence-corrected chi connectivity index (χ3v) is 5.51. The molecule has 2 heterocycles. The van der Waals surface area contributed by atoms with Gasteiger partial charge in [0.15, 0.2) is 0 Å². The number of nitrogens with one attached hydrogen (secondary N) is 1. The van der Waals surface area contributed by atoms with E-state index < -0.39 is 0 Å². The number of thiophene rings is 2. The number of carbonyl (C=O) groups excluding carboxylic acids is 1. The molecule has 2 rings (SSSR count). The predicted molar refractivity (Wildman–Crippen MR) is 78.5 cm³/mol. The zero-order chi connectivity index (χ0) is 13.3. The quantitative estimate of drug-likeness (QED) is 0.885. The van der Waals surface area contributed by atoms with E-state index in [0.29, 0.717) is 15.4 Å². The number of nitrogens with zero attached hydrogens (tertiary/aromatic N) is 1. The summed E-state index contributed by atoms with van der Waals surface area (Å²) in [6.07, 6.45) is 0. The van der Waals surface area contributed by atoms with Crippen molar-refractivity contribution < 1.29 is 4.79 Å². The Balaban J connectivity index is 2.31. The summed E-state index contributed by atoms with van der Waals surface area (Å²) in [5.41, 5.74) is 1.49. The Hall–Kier alpha value is -1.16. The normalized spacial score (nSPS) is 10.1. The summed E-state index contributed by atoms with van der Waals surface area (Å²) in [5.74, 6) is -0.186. The lowest BCUT2D eigenvalue weighted by molar-refractivity contribution is 0.103. The van der Waals surface area contributed by atoms with E-state index in [9.17, 15) is 4.79 Å². The highest BCUT2D eigenvalue weighted by molar-refractivity contribution is 9.10. The van der Waals surface area contributed by atoms with Crippen molar-refractivity contribution in [3.8, 4) is 6.07 Å². The highest BCUT2D eigenvalue weighted by atomic mass is 79.9. The van der Waals surface area contributed by atoms with Gasteiger partial charge in [-0.2, -0.15) is 5.26 Å². The Morgan fingerprint density at radius 2 is 2.22 bits per heavy atom. The molecule has 0 saturated heterocycles. The molecule has 6 heteroatoms. The van der Waals surface area contributed by atoms with Crippen LogP contribution >= 0.6 is 38.6 Å². The van der Waals surface area contributed by atoms with Crippen LogP contribution in [0.1, 0.15) is 25.7 Å². The summed E-state index contributed by atoms with van der Waals surface area (Å²) in [6.45, 7) is 3.83. The van der Waals surface area contributed by atoms with Crippen LogP contribution < -0.4 is 5.32 Å². The minimum atomic E-state index is -0.186. The van der Waals surface area contributed by atoms with E-state index in [-0.39, 0.29) is 5.91 Å². The monoisotopic (exact) mass is 340 g/mol. The fourth-order valence-electron chi connectivity index (χ4n) is 1.47. The SMILES string of the molecule is Cc1sc(NC(=O)c2sccc2Br)c(C#N)c1C. The van der Waals surface area contributed by atoms with Gasteiger partial charge in [0.1, 0.15) is 15.9 Å². The predicted octanol–water partition coefficient (Wildman–Crippen LogP) is 4.31. The number of hydrogen-bond donors (Lipinski definition) is 1. The standard InChI is InChI=1S/C12H9BrN2OS2/c1-6-7(2)18-12(8(6)5-14)15-11(16)10-9(13)3-4-17-10/h3-4H,1-2H3,(H,15,16). The molecule has 0 atom stereocenters. The highest BCUT2D eigenvalue weighted by Crippen LogP contribution is 2.33. The van der Waals surface area contributed by atoms with Gasteiger partial charge in [-0.15, -0.1) is 22.7 Å². The van der Waals surface area contributed by atoms with Crippen LogP contribution in [0.5, 0.6) is 0 Å². The van der Waals surface area contributed by atoms with Gasteiger partial charge in [-0.1, -0.05) is 0 Å². The minimum Gasteiger partial charge on any atom is -0.312 e. The van der Waals surface area contributed by atoms with Crippen molar-refractivity contribution >= 4 is 49.5 Å². The maximum Gasteiger partial charge on any atom is 0.267 e. The van der Waals surface area contributed by atoms with Gasteiger partial charge >= 0.3 is 0 Å². The summed E-state index contributed by atoms with van der Waals surface area (Å²) in [4.78, 5) is 13.7. The molecule has 1 amide bonds. The van der Waals surface area contributed by atoms with Crippen LogP contribution in [0.15, 0.2) is 15.9 Å². The Kier molecular flexibility index (Phi) is 3.85. The smallest absolute Gasteiger partial charge is 0.267 e. The number of amides is 1. The van der Waals surface area contributed by atoms with E-state index >= 15 is 0 Å². The first-order chi connectivity index (χ1) is 8.54. The van der Waals surface area contributed by atoms with Crippen molar-refractivity contribution in [2.45, 2.75) is 13.8 Å². The maximum atomic E-state index is 12.1. The molecule has 0 aliphatic carbocycles. The van der Waals surface area contributed by atoms with Gasteiger partial charge in [0.2, 0.25) is 0 Å². The molecule has 18 heavy (non-hydrogen) atoms. The molecule has 92 valence electrons. The van der Waals surface area contributed by atoms with Crippen LogP contribution in [0.3, 0.4) is 0 Å². The van der Waals surface area contributed by atoms with Crippen LogP contribution in [-0.2, 0) is 0 Å². The lowest BCUT2D eigenvalue weighted by atomic mass is 10.2. The fraction of sp³-hybridized carbons (Fsp3) is 0.167. The van der Waals surface area contributed by atoms with Crippen LogP contribution in [0.2, 0.25) is 0 Å². The number of carbonyl (C=O) groups is 1. The Morgan fingerprint density at radius 1 is 1.50 bits per heavy atom. The van der Waals surface area contributed by atoms with Gasteiger partial charge in [0.25, 0.3) is 5.91 Å². The van der Waals surface area contributed by atoms with Crippen LogP contribution in [0, 0.1) is 25.2 Å². The van der Waals surface area contributed by atoms with Crippen molar-refractivity contribution in [1.82, 2.24) is 0 Å². The van der Waals surface area contributed by atoms with Gasteiger partial charge in [-0.05, 0) is 46.8 Å². The average molecular weight is 341 g/mol. The summed E-state index contributed by atoms with van der Waals surface area (Å²) in [5, 5.41) is 14.4. The zero-order valence-corrected chi connectivity index (χ0v) is 12.9. The summed E-state index contributed by atoms with van der Waals surface area (Å²) in [6, 6.07) is 3.97. The number of anilines is 1. The average Bonchev–Trinajstić information content (AvgIpc) is 2.85. The van der Waals surface area contributed by atoms with Gasteiger partial charge in [-0.25, -0.2) is 0 Å². The number of rotatable bonds is 2. The third kappa shape index (κ3) is 2.34. The topological polar surface area (TPSA) is 52.9 Å². The first-order valence-corrected chi connectivity index (χ1v) is 7.58. The number of halogens is 1. The molecule has 1 N–H and O–H groups in total. The van der Waals surface area contributed by atoms with E-state index in [1.807, 2.05) is 25.3 Å². The molecular weight excluding hydrogens is 332 g/mol. The van der Waals surface area contributed by atoms with E-state index in [1.54, 1.807) is 0 Å². The second kappa shape index (κ2) is 5.22. The molecule has 2 aromatic heterocycles. The third-order valence-electron chi connectivity index (χ3n) is 2.55. The van der Waals surface area contributed by atoms with E-state index in [1.165, 1.54) is 22.7 Å². The maximum absolute atomic E-state index is 12.1. The van der Waals surface area contributed by atoms with E-state index in [2.05, 4.69) is 27.3 Å². The molecule has 0 fully saturated rings. The molecule has 0 unspecified atom stereocenters. The van der Waals surface area contributed by atoms with Crippen molar-refractivity contribution in [3.05, 3.63) is 36.8 Å². The zero-order valence-electron chi connectivity index (χ0n) is 9.70. The van der Waals surface area contributed by atoms with E-state index in [4.69, 9.17) is 5.26 Å². The number of nitriles is 1. The first kappa shape index (κ1) is 13.3. The van der Waals surface area contributed by atoms with Gasteiger partial charge in [-0.3, -0.25) is 4.79 Å². The van der Waals surface area contributed by atoms with Crippen LogP contribution in [0.4, 0.5) is 5.00 Å². The highest BCUT2D eigenvalue weighted by Gasteiger charge is 2.17. The van der Waals surface area contributed by atoms with Gasteiger partial charge < -0.3 is 5.32 Å². The summed E-state index contributed by atoms with van der Waals surface area (Å²) >= 11 is 6.12. The first-order valence-electron chi connectivity index (χ1n) is 5.09. The Morgan fingerprint density at radius 3 is 2.78 bits per heavy atom. The Labute approximate surface area is 121 Å². The number of aryl methyl sites for hydroxylation is 1. The molecule has 0 aliphatic heterocycles. The molecule has 2 aromatic rings. The number of hydrogen-bond acceptors (Lipinski definition) is 4. The van der Waals surface area contributed by atoms with Gasteiger partial charge in [0.05, 0.1) is 5.56 Å². The minimum absolute atomic E-state index is 0.186. The molecule has 0 aromatic carbocycles. The summed E-state index contributed by atoms with van der Waals surface area (Å²) in [7, 11) is 0. The fourth-order valence-corrected chi connectivity index (χ4v) is 3.92. The van der Waals surface area contributed by atoms with Crippen molar-refractivity contribution in [3.63, 3.8) is 0 Å². The molecule has 0 aliphatic rings. The summed E-state index contributed by atoms with van der Waals surface area (Å²) < 4.78 is 0.772. The molecule has 0 spiro atoms. The van der Waals surface area contributed by atoms with E-state index in [0.717, 1.165) is 14.9 Å². The van der Waals surface area contributed by atoms with Crippen LogP contribution in [-0.4, -0.2) is 5.91 Å². The lowest BCUT2D eigenvalue weighted by Gasteiger charge is -2.01. The molecule has 0 saturated carbocycles. The second-order valence-corrected chi connectivity index (χ2v) is 6.65. The lowest BCUT2D eigenvalue weighted by Crippen LogP contribution is -2.10. The van der Waals surface area contributed by atoms with Crippen molar-refractivity contribution in [2.75, 3.05) is 5.32 Å². The molecule has 0 bridgehead atoms. The van der Waals surface area contributed by atoms with Crippen LogP contribution in [0.25, 0.3) is 0 Å². The second-order valence-electron chi connectivity index (χ2n) is 3.65.